The molecule has 0 saturated carbocycles. The van der Waals surface area contributed by atoms with Gasteiger partial charge in [0.15, 0.2) is 5.37 Å². The largest absolute Gasteiger partial charge is 0.465 e. The number of nitrogens with zero attached hydrogens (tertiary/aromatic N) is 1. The summed E-state index contributed by atoms with van der Waals surface area (Å²) in [5, 5.41) is 8.30. The topological polar surface area (TPSA) is 74.7 Å². The summed E-state index contributed by atoms with van der Waals surface area (Å²) >= 11 is 1.46. The number of amides is 1. The van der Waals surface area contributed by atoms with Gasteiger partial charge in [0.2, 0.25) is 9.84 Å². The fraction of sp³-hybridized carbons (Fsp3) is 0.235. The van der Waals surface area contributed by atoms with E-state index in [-0.39, 0.29) is 17.2 Å². The van der Waals surface area contributed by atoms with Crippen molar-refractivity contribution in [2.75, 3.05) is 18.1 Å². The number of hydrogen-bond donors (Lipinski definition) is 1. The highest BCUT2D eigenvalue weighted by Gasteiger charge is 2.38. The molecule has 1 unspecified atom stereocenters. The van der Waals surface area contributed by atoms with E-state index in [2.05, 4.69) is 0 Å². The minimum atomic E-state index is -3.81. The van der Waals surface area contributed by atoms with Crippen LogP contribution in [-0.4, -0.2) is 47.9 Å². The van der Waals surface area contributed by atoms with Gasteiger partial charge in [0.05, 0.1) is 4.90 Å². The summed E-state index contributed by atoms with van der Waals surface area (Å²) in [5.41, 5.74) is 1.39. The van der Waals surface area contributed by atoms with Crippen molar-refractivity contribution in [1.82, 2.24) is 4.90 Å². The molecule has 1 N–H and O–H groups in total. The summed E-state index contributed by atoms with van der Waals surface area (Å²) in [6.07, 6.45) is -1.19. The highest BCUT2D eigenvalue weighted by molar-refractivity contribution is 8.01. The molecule has 1 aliphatic heterocycles. The number of thioether (sulfide) groups is 1. The molecule has 0 bridgehead atoms. The van der Waals surface area contributed by atoms with Gasteiger partial charge >= 0.3 is 6.09 Å². The molecule has 3 rings (SSSR count). The first-order valence-corrected chi connectivity index (χ1v) is 10.2. The summed E-state index contributed by atoms with van der Waals surface area (Å²) in [6.45, 7) is 0.220. The number of carboxylic acid groups (broad SMARTS) is 1. The van der Waals surface area contributed by atoms with Gasteiger partial charge in [0.1, 0.15) is 0 Å². The second kappa shape index (κ2) is 6.86. The summed E-state index contributed by atoms with van der Waals surface area (Å²) in [5.74, 6) is 0.858. The molecular weight excluding hydrogens is 346 g/mol. The maximum absolute atomic E-state index is 13.2. The first-order valence-electron chi connectivity index (χ1n) is 7.47. The van der Waals surface area contributed by atoms with E-state index in [1.807, 2.05) is 30.3 Å². The quantitative estimate of drug-likeness (QED) is 0.906. The molecular formula is C17H17NO4S2. The fourth-order valence-electron chi connectivity index (χ4n) is 2.77. The SMILES string of the molecule is O=C(O)N1CCSCC1S(=O)(=O)c1ccccc1-c1ccccc1. The van der Waals surface area contributed by atoms with Gasteiger partial charge in [-0.05, 0) is 11.6 Å². The van der Waals surface area contributed by atoms with Crippen LogP contribution in [0.15, 0.2) is 59.5 Å². The van der Waals surface area contributed by atoms with Crippen LogP contribution in [0.3, 0.4) is 0 Å². The molecule has 0 aliphatic carbocycles. The Morgan fingerprint density at radius 2 is 1.75 bits per heavy atom. The lowest BCUT2D eigenvalue weighted by molar-refractivity contribution is 0.144. The maximum atomic E-state index is 13.2. The van der Waals surface area contributed by atoms with Gasteiger partial charge in [-0.1, -0.05) is 48.5 Å². The van der Waals surface area contributed by atoms with E-state index in [1.54, 1.807) is 24.3 Å². The number of benzene rings is 2. The normalized spacial score (nSPS) is 18.3. The highest BCUT2D eigenvalue weighted by Crippen LogP contribution is 2.32. The second-order valence-corrected chi connectivity index (χ2v) is 8.64. The van der Waals surface area contributed by atoms with Crippen LogP contribution in [-0.2, 0) is 9.84 Å². The van der Waals surface area contributed by atoms with Crippen LogP contribution >= 0.6 is 11.8 Å². The molecule has 5 nitrogen and oxygen atoms in total. The molecule has 1 heterocycles. The van der Waals surface area contributed by atoms with Crippen molar-refractivity contribution >= 4 is 27.7 Å². The molecule has 1 saturated heterocycles. The second-order valence-electron chi connectivity index (χ2n) is 5.41. The molecule has 0 spiro atoms. The Balaban J connectivity index is 2.09. The average molecular weight is 363 g/mol. The molecule has 1 atom stereocenters. The zero-order chi connectivity index (χ0) is 17.2. The molecule has 0 aromatic heterocycles. The third-order valence-corrected chi connectivity index (χ3v) is 7.31. The van der Waals surface area contributed by atoms with E-state index in [4.69, 9.17) is 0 Å². The lowest BCUT2D eigenvalue weighted by Crippen LogP contribution is -2.49. The molecule has 7 heteroatoms. The predicted molar refractivity (Wildman–Crippen MR) is 94.9 cm³/mol. The highest BCUT2D eigenvalue weighted by atomic mass is 32.2. The van der Waals surface area contributed by atoms with Gasteiger partial charge in [-0.15, -0.1) is 0 Å². The van der Waals surface area contributed by atoms with Crippen molar-refractivity contribution in [2.45, 2.75) is 10.3 Å². The van der Waals surface area contributed by atoms with E-state index in [1.165, 1.54) is 11.8 Å². The minimum Gasteiger partial charge on any atom is -0.465 e. The molecule has 0 radical (unpaired) electrons. The number of sulfone groups is 1. The standard InChI is InChI=1S/C17H17NO4S2/c19-17(20)18-10-11-23-12-16(18)24(21,22)15-9-5-4-8-14(15)13-6-2-1-3-7-13/h1-9,16H,10-12H2,(H,19,20). The van der Waals surface area contributed by atoms with Gasteiger partial charge < -0.3 is 5.11 Å². The average Bonchev–Trinajstić information content (AvgIpc) is 2.62. The molecule has 1 aliphatic rings. The molecule has 24 heavy (non-hydrogen) atoms. The third kappa shape index (κ3) is 3.14. The Morgan fingerprint density at radius 1 is 1.08 bits per heavy atom. The zero-order valence-corrected chi connectivity index (χ0v) is 14.5. The maximum Gasteiger partial charge on any atom is 0.408 e. The van der Waals surface area contributed by atoms with Gasteiger partial charge in [-0.25, -0.2) is 13.2 Å². The number of hydrogen-bond acceptors (Lipinski definition) is 4. The summed E-state index contributed by atoms with van der Waals surface area (Å²) in [6, 6.07) is 16.0. The van der Waals surface area contributed by atoms with E-state index < -0.39 is 21.3 Å². The van der Waals surface area contributed by atoms with Gasteiger partial charge in [-0.2, -0.15) is 11.8 Å². The van der Waals surface area contributed by atoms with Gasteiger partial charge in [0, 0.05) is 23.6 Å². The van der Waals surface area contributed by atoms with Crippen molar-refractivity contribution in [3.8, 4) is 11.1 Å². The first-order chi connectivity index (χ1) is 11.5. The summed E-state index contributed by atoms with van der Waals surface area (Å²) < 4.78 is 26.4. The summed E-state index contributed by atoms with van der Waals surface area (Å²) in [7, 11) is -3.81. The summed E-state index contributed by atoms with van der Waals surface area (Å²) in [4.78, 5) is 12.7. The van der Waals surface area contributed by atoms with Gasteiger partial charge in [-0.3, -0.25) is 4.90 Å². The Morgan fingerprint density at radius 3 is 2.46 bits per heavy atom. The van der Waals surface area contributed by atoms with Crippen LogP contribution in [0.5, 0.6) is 0 Å². The minimum absolute atomic E-state index is 0.176. The smallest absolute Gasteiger partial charge is 0.408 e. The van der Waals surface area contributed by atoms with Crippen LogP contribution in [0.4, 0.5) is 4.79 Å². The monoisotopic (exact) mass is 363 g/mol. The van der Waals surface area contributed by atoms with Crippen molar-refractivity contribution in [2.24, 2.45) is 0 Å². The Hall–Kier alpha value is -1.99. The molecule has 2 aromatic rings. The van der Waals surface area contributed by atoms with Crippen LogP contribution in [0, 0.1) is 0 Å². The first kappa shape index (κ1) is 16.9. The number of rotatable bonds is 3. The van der Waals surface area contributed by atoms with E-state index in [9.17, 15) is 18.3 Å². The van der Waals surface area contributed by atoms with Crippen molar-refractivity contribution < 1.29 is 18.3 Å². The van der Waals surface area contributed by atoms with Crippen LogP contribution < -0.4 is 0 Å². The molecule has 126 valence electrons. The molecule has 1 amide bonds. The van der Waals surface area contributed by atoms with E-state index >= 15 is 0 Å². The Bertz CT molecular complexity index is 837. The van der Waals surface area contributed by atoms with Crippen molar-refractivity contribution in [1.29, 1.82) is 0 Å². The van der Waals surface area contributed by atoms with E-state index in [0.717, 1.165) is 10.5 Å². The third-order valence-electron chi connectivity index (χ3n) is 3.97. The Labute approximate surface area is 145 Å². The van der Waals surface area contributed by atoms with Gasteiger partial charge in [0.25, 0.3) is 0 Å². The Kier molecular flexibility index (Phi) is 4.82. The predicted octanol–water partition coefficient (Wildman–Crippen LogP) is 3.18. The fourth-order valence-corrected chi connectivity index (χ4v) is 6.24. The lowest BCUT2D eigenvalue weighted by atomic mass is 10.1. The van der Waals surface area contributed by atoms with Crippen molar-refractivity contribution in [3.63, 3.8) is 0 Å². The number of carbonyl (C=O) groups is 1. The molecule has 2 aromatic carbocycles. The van der Waals surface area contributed by atoms with Crippen LogP contribution in [0.2, 0.25) is 0 Å². The van der Waals surface area contributed by atoms with Crippen LogP contribution in [0.25, 0.3) is 11.1 Å². The molecule has 1 fully saturated rings. The van der Waals surface area contributed by atoms with Crippen LogP contribution in [0.1, 0.15) is 0 Å². The lowest BCUT2D eigenvalue weighted by Gasteiger charge is -2.33. The zero-order valence-electron chi connectivity index (χ0n) is 12.8. The van der Waals surface area contributed by atoms with Crippen molar-refractivity contribution in [3.05, 3.63) is 54.6 Å². The van der Waals surface area contributed by atoms with E-state index in [0.29, 0.717) is 11.3 Å².